The lowest BCUT2D eigenvalue weighted by Crippen LogP contribution is -2.23. The Morgan fingerprint density at radius 2 is 1.89 bits per heavy atom. The summed E-state index contributed by atoms with van der Waals surface area (Å²) in [6, 6.07) is 8.69. The first kappa shape index (κ1) is 13.7. The molecule has 2 aromatic rings. The number of aryl methyl sites for hydroxylation is 3. The van der Waals surface area contributed by atoms with Gasteiger partial charge in [-0.05, 0) is 50.1 Å². The Hall–Kier alpha value is -1.74. The Morgan fingerprint density at radius 1 is 1.11 bits per heavy atom. The summed E-state index contributed by atoms with van der Waals surface area (Å²) < 4.78 is 0. The fourth-order valence-electron chi connectivity index (χ4n) is 2.18. The molecule has 1 aromatic carbocycles. The zero-order valence-corrected chi connectivity index (χ0v) is 12.1. The van der Waals surface area contributed by atoms with E-state index in [9.17, 15) is 0 Å². The summed E-state index contributed by atoms with van der Waals surface area (Å²) in [5.74, 6) is 0.809. The molecule has 0 spiro atoms. The molecular weight excluding hydrogens is 234 g/mol. The van der Waals surface area contributed by atoms with Gasteiger partial charge in [-0.1, -0.05) is 25.1 Å². The molecule has 1 unspecified atom stereocenters. The second-order valence-corrected chi connectivity index (χ2v) is 4.86. The van der Waals surface area contributed by atoms with Crippen LogP contribution in [0.3, 0.4) is 0 Å². The van der Waals surface area contributed by atoms with Crippen molar-refractivity contribution in [3.63, 3.8) is 0 Å². The molecule has 0 saturated carbocycles. The highest BCUT2D eigenvalue weighted by Gasteiger charge is 2.15. The summed E-state index contributed by atoms with van der Waals surface area (Å²) in [6.07, 6.45) is 1.82. The quantitative estimate of drug-likeness (QED) is 0.912. The van der Waals surface area contributed by atoms with E-state index in [-0.39, 0.29) is 6.04 Å². The maximum absolute atomic E-state index is 4.55. The molecular formula is C16H21N3. The zero-order valence-electron chi connectivity index (χ0n) is 12.1. The number of hydrogen-bond acceptors (Lipinski definition) is 3. The van der Waals surface area contributed by atoms with Crippen LogP contribution in [0.15, 0.2) is 30.5 Å². The molecule has 0 radical (unpaired) electrons. The number of nitrogens with zero attached hydrogens (tertiary/aromatic N) is 2. The molecule has 3 nitrogen and oxygen atoms in total. The average Bonchev–Trinajstić information content (AvgIpc) is 2.39. The molecule has 100 valence electrons. The maximum atomic E-state index is 4.55. The highest BCUT2D eigenvalue weighted by Crippen LogP contribution is 2.22. The number of rotatable bonds is 4. The zero-order chi connectivity index (χ0) is 13.8. The molecule has 0 aliphatic heterocycles. The summed E-state index contributed by atoms with van der Waals surface area (Å²) in [5, 5.41) is 3.50. The van der Waals surface area contributed by atoms with E-state index in [0.717, 1.165) is 18.1 Å². The Kier molecular flexibility index (Phi) is 4.27. The van der Waals surface area contributed by atoms with Crippen LogP contribution in [0.4, 0.5) is 0 Å². The predicted molar refractivity (Wildman–Crippen MR) is 78.2 cm³/mol. The van der Waals surface area contributed by atoms with Crippen LogP contribution < -0.4 is 5.32 Å². The van der Waals surface area contributed by atoms with Crippen molar-refractivity contribution >= 4 is 0 Å². The summed E-state index contributed by atoms with van der Waals surface area (Å²) in [7, 11) is 0. The van der Waals surface area contributed by atoms with Gasteiger partial charge in [0.15, 0.2) is 0 Å². The topological polar surface area (TPSA) is 37.8 Å². The molecule has 0 aliphatic carbocycles. The van der Waals surface area contributed by atoms with Gasteiger partial charge >= 0.3 is 0 Å². The molecule has 0 saturated heterocycles. The standard InChI is InChI=1S/C16H21N3/c1-5-17-16(15-8-9-18-13(4)19-15)14-7-6-11(2)12(3)10-14/h6-10,16-17H,5H2,1-4H3. The van der Waals surface area contributed by atoms with Gasteiger partial charge in [0.2, 0.25) is 0 Å². The first-order valence-corrected chi connectivity index (χ1v) is 6.72. The summed E-state index contributed by atoms with van der Waals surface area (Å²) >= 11 is 0. The Morgan fingerprint density at radius 3 is 2.53 bits per heavy atom. The van der Waals surface area contributed by atoms with Crippen LogP contribution in [0.1, 0.15) is 41.2 Å². The Balaban J connectivity index is 2.42. The van der Waals surface area contributed by atoms with Crippen molar-refractivity contribution in [2.45, 2.75) is 33.7 Å². The molecule has 1 N–H and O–H groups in total. The van der Waals surface area contributed by atoms with E-state index in [1.807, 2.05) is 19.2 Å². The monoisotopic (exact) mass is 255 g/mol. The van der Waals surface area contributed by atoms with E-state index in [1.165, 1.54) is 16.7 Å². The van der Waals surface area contributed by atoms with Gasteiger partial charge in [0, 0.05) is 6.20 Å². The third kappa shape index (κ3) is 3.18. The Labute approximate surface area is 115 Å². The lowest BCUT2D eigenvalue weighted by Gasteiger charge is -2.19. The van der Waals surface area contributed by atoms with Gasteiger partial charge in [-0.25, -0.2) is 9.97 Å². The van der Waals surface area contributed by atoms with E-state index < -0.39 is 0 Å². The fourth-order valence-corrected chi connectivity index (χ4v) is 2.18. The van der Waals surface area contributed by atoms with Crippen molar-refractivity contribution in [1.29, 1.82) is 0 Å². The number of nitrogens with one attached hydrogen (secondary N) is 1. The van der Waals surface area contributed by atoms with Crippen molar-refractivity contribution in [1.82, 2.24) is 15.3 Å². The van der Waals surface area contributed by atoms with E-state index in [4.69, 9.17) is 0 Å². The van der Waals surface area contributed by atoms with Crippen LogP contribution in [-0.2, 0) is 0 Å². The van der Waals surface area contributed by atoms with E-state index in [2.05, 4.69) is 54.3 Å². The molecule has 0 aliphatic rings. The second-order valence-electron chi connectivity index (χ2n) is 4.86. The summed E-state index contributed by atoms with van der Waals surface area (Å²) in [6.45, 7) is 9.22. The van der Waals surface area contributed by atoms with Crippen LogP contribution in [0.2, 0.25) is 0 Å². The SMILES string of the molecule is CCNC(c1ccc(C)c(C)c1)c1ccnc(C)n1. The van der Waals surface area contributed by atoms with Crippen molar-refractivity contribution in [2.75, 3.05) is 6.54 Å². The molecule has 2 rings (SSSR count). The van der Waals surface area contributed by atoms with Gasteiger partial charge in [-0.3, -0.25) is 0 Å². The molecule has 0 amide bonds. The molecule has 3 heteroatoms. The molecule has 1 atom stereocenters. The van der Waals surface area contributed by atoms with Crippen LogP contribution >= 0.6 is 0 Å². The van der Waals surface area contributed by atoms with E-state index >= 15 is 0 Å². The number of hydrogen-bond donors (Lipinski definition) is 1. The van der Waals surface area contributed by atoms with E-state index in [1.54, 1.807) is 0 Å². The van der Waals surface area contributed by atoms with Crippen LogP contribution in [-0.4, -0.2) is 16.5 Å². The highest BCUT2D eigenvalue weighted by molar-refractivity contribution is 5.35. The van der Waals surface area contributed by atoms with Crippen molar-refractivity contribution in [3.8, 4) is 0 Å². The van der Waals surface area contributed by atoms with Crippen LogP contribution in [0, 0.1) is 20.8 Å². The molecule has 1 aromatic heterocycles. The van der Waals surface area contributed by atoms with E-state index in [0.29, 0.717) is 0 Å². The smallest absolute Gasteiger partial charge is 0.125 e. The first-order valence-electron chi connectivity index (χ1n) is 6.72. The third-order valence-electron chi connectivity index (χ3n) is 3.37. The average molecular weight is 255 g/mol. The molecule has 0 bridgehead atoms. The van der Waals surface area contributed by atoms with Gasteiger partial charge < -0.3 is 5.32 Å². The van der Waals surface area contributed by atoms with Gasteiger partial charge in [0.05, 0.1) is 11.7 Å². The molecule has 0 fully saturated rings. The lowest BCUT2D eigenvalue weighted by molar-refractivity contribution is 0.611. The minimum Gasteiger partial charge on any atom is -0.305 e. The fraction of sp³-hybridized carbons (Fsp3) is 0.375. The van der Waals surface area contributed by atoms with Crippen LogP contribution in [0.25, 0.3) is 0 Å². The van der Waals surface area contributed by atoms with Crippen molar-refractivity contribution in [3.05, 3.63) is 58.7 Å². The minimum absolute atomic E-state index is 0.131. The van der Waals surface area contributed by atoms with Crippen LogP contribution in [0.5, 0.6) is 0 Å². The van der Waals surface area contributed by atoms with Gasteiger partial charge in [0.1, 0.15) is 5.82 Å². The normalized spacial score (nSPS) is 12.4. The summed E-state index contributed by atoms with van der Waals surface area (Å²) in [5.41, 5.74) is 4.91. The van der Waals surface area contributed by atoms with Gasteiger partial charge in [-0.15, -0.1) is 0 Å². The minimum atomic E-state index is 0.131. The largest absolute Gasteiger partial charge is 0.305 e. The predicted octanol–water partition coefficient (Wildman–Crippen LogP) is 3.10. The van der Waals surface area contributed by atoms with Crippen molar-refractivity contribution < 1.29 is 0 Å². The second kappa shape index (κ2) is 5.93. The number of aromatic nitrogens is 2. The highest BCUT2D eigenvalue weighted by atomic mass is 15.0. The Bertz CT molecular complexity index is 564. The molecule has 19 heavy (non-hydrogen) atoms. The van der Waals surface area contributed by atoms with Gasteiger partial charge in [-0.2, -0.15) is 0 Å². The lowest BCUT2D eigenvalue weighted by atomic mass is 9.98. The molecule has 1 heterocycles. The van der Waals surface area contributed by atoms with Gasteiger partial charge in [0.25, 0.3) is 0 Å². The summed E-state index contributed by atoms with van der Waals surface area (Å²) in [4.78, 5) is 8.72. The van der Waals surface area contributed by atoms with Crippen molar-refractivity contribution in [2.24, 2.45) is 0 Å². The number of benzene rings is 1. The first-order chi connectivity index (χ1) is 9.11. The maximum Gasteiger partial charge on any atom is 0.125 e. The third-order valence-corrected chi connectivity index (χ3v) is 3.37.